The predicted octanol–water partition coefficient (Wildman–Crippen LogP) is 3.89. The van der Waals surface area contributed by atoms with E-state index in [9.17, 15) is 4.79 Å². The number of aliphatic imine (C=N–C) groups is 2. The van der Waals surface area contributed by atoms with Crippen molar-refractivity contribution < 1.29 is 4.79 Å². The Morgan fingerprint density at radius 3 is 1.79 bits per heavy atom. The summed E-state index contributed by atoms with van der Waals surface area (Å²) in [6, 6.07) is 20.6. The fourth-order valence-electron chi connectivity index (χ4n) is 3.77. The van der Waals surface area contributed by atoms with Crippen LogP contribution in [0.15, 0.2) is 70.6 Å². The van der Waals surface area contributed by atoms with Crippen molar-refractivity contribution in [2.75, 3.05) is 13.1 Å². The van der Waals surface area contributed by atoms with Crippen LogP contribution in [-0.2, 0) is 0 Å². The largest absolute Gasteiger partial charge is 0.336 e. The molecular formula is C23H26N4O. The van der Waals surface area contributed by atoms with Crippen LogP contribution in [0, 0.1) is 0 Å². The molecule has 0 aromatic heterocycles. The van der Waals surface area contributed by atoms with Gasteiger partial charge in [0.1, 0.15) is 0 Å². The molecule has 0 unspecified atom stereocenters. The number of likely N-dealkylation sites (tertiary alicyclic amines) is 1. The van der Waals surface area contributed by atoms with Crippen molar-refractivity contribution in [2.45, 2.75) is 38.4 Å². The standard InChI is InChI=1S/C23H26N4O/c1-17(2)24-22(28)27-15-13-23(14-16-27)25-20(18-9-5-3-6-10-18)21(26-23)19-11-7-4-8-12-19/h3-12,17H,13-16H2,1-2H3,(H,24,28). The Morgan fingerprint density at radius 1 is 0.893 bits per heavy atom. The molecule has 0 saturated carbocycles. The first kappa shape index (κ1) is 18.4. The Kier molecular flexibility index (Phi) is 4.99. The van der Waals surface area contributed by atoms with E-state index in [1.165, 1.54) is 0 Å². The summed E-state index contributed by atoms with van der Waals surface area (Å²) in [5, 5.41) is 2.98. The van der Waals surface area contributed by atoms with Crippen LogP contribution < -0.4 is 5.32 Å². The van der Waals surface area contributed by atoms with Gasteiger partial charge in [-0.25, -0.2) is 4.79 Å². The summed E-state index contributed by atoms with van der Waals surface area (Å²) in [6.07, 6.45) is 1.48. The Hall–Kier alpha value is -2.95. The molecular weight excluding hydrogens is 348 g/mol. The summed E-state index contributed by atoms with van der Waals surface area (Å²) < 4.78 is 0. The Morgan fingerprint density at radius 2 is 1.36 bits per heavy atom. The van der Waals surface area contributed by atoms with Crippen LogP contribution in [0.25, 0.3) is 0 Å². The van der Waals surface area contributed by atoms with Gasteiger partial charge in [0.25, 0.3) is 0 Å². The van der Waals surface area contributed by atoms with Gasteiger partial charge in [-0.05, 0) is 13.8 Å². The molecule has 1 saturated heterocycles. The van der Waals surface area contributed by atoms with Crippen LogP contribution in [0.4, 0.5) is 4.79 Å². The first-order chi connectivity index (χ1) is 13.6. The zero-order valence-electron chi connectivity index (χ0n) is 16.4. The molecule has 2 aromatic carbocycles. The number of rotatable bonds is 3. The molecule has 5 heteroatoms. The van der Waals surface area contributed by atoms with E-state index in [4.69, 9.17) is 9.98 Å². The van der Waals surface area contributed by atoms with Crippen LogP contribution in [0.5, 0.6) is 0 Å². The molecule has 2 aliphatic heterocycles. The minimum Gasteiger partial charge on any atom is -0.336 e. The summed E-state index contributed by atoms with van der Waals surface area (Å²) in [4.78, 5) is 24.4. The maximum absolute atomic E-state index is 12.3. The van der Waals surface area contributed by atoms with Crippen molar-refractivity contribution in [3.63, 3.8) is 0 Å². The van der Waals surface area contributed by atoms with E-state index in [2.05, 4.69) is 29.6 Å². The van der Waals surface area contributed by atoms with Crippen molar-refractivity contribution in [1.29, 1.82) is 0 Å². The third-order valence-corrected chi connectivity index (χ3v) is 5.22. The predicted molar refractivity (Wildman–Crippen MR) is 113 cm³/mol. The molecule has 144 valence electrons. The lowest BCUT2D eigenvalue weighted by Crippen LogP contribution is -2.49. The molecule has 0 aliphatic carbocycles. The van der Waals surface area contributed by atoms with Gasteiger partial charge >= 0.3 is 6.03 Å². The third kappa shape index (κ3) is 3.70. The molecule has 28 heavy (non-hydrogen) atoms. The van der Waals surface area contributed by atoms with Gasteiger partial charge in [-0.1, -0.05) is 60.7 Å². The number of urea groups is 1. The van der Waals surface area contributed by atoms with E-state index >= 15 is 0 Å². The molecule has 2 heterocycles. The number of carbonyl (C=O) groups is 1. The van der Waals surface area contributed by atoms with Gasteiger partial charge < -0.3 is 10.2 Å². The highest BCUT2D eigenvalue weighted by Gasteiger charge is 2.40. The molecule has 1 N–H and O–H groups in total. The van der Waals surface area contributed by atoms with E-state index in [1.54, 1.807) is 0 Å². The van der Waals surface area contributed by atoms with Gasteiger partial charge in [0.15, 0.2) is 5.66 Å². The lowest BCUT2D eigenvalue weighted by molar-refractivity contribution is 0.161. The summed E-state index contributed by atoms with van der Waals surface area (Å²) in [6.45, 7) is 5.28. The van der Waals surface area contributed by atoms with E-state index in [0.717, 1.165) is 35.4 Å². The Labute approximate surface area is 166 Å². The maximum atomic E-state index is 12.3. The van der Waals surface area contributed by atoms with Crippen molar-refractivity contribution in [3.8, 4) is 0 Å². The average molecular weight is 374 g/mol. The molecule has 1 spiro atoms. The molecule has 1 fully saturated rings. The van der Waals surface area contributed by atoms with E-state index in [1.807, 2.05) is 55.1 Å². The number of benzene rings is 2. The number of nitrogens with one attached hydrogen (secondary N) is 1. The fraction of sp³-hybridized carbons (Fsp3) is 0.348. The highest BCUT2D eigenvalue weighted by Crippen LogP contribution is 2.34. The van der Waals surface area contributed by atoms with Crippen molar-refractivity contribution in [2.24, 2.45) is 9.98 Å². The number of amides is 2. The zero-order valence-corrected chi connectivity index (χ0v) is 16.4. The first-order valence-electron chi connectivity index (χ1n) is 9.93. The molecule has 5 nitrogen and oxygen atoms in total. The van der Waals surface area contributed by atoms with Crippen LogP contribution >= 0.6 is 0 Å². The number of hydrogen-bond donors (Lipinski definition) is 1. The third-order valence-electron chi connectivity index (χ3n) is 5.22. The van der Waals surface area contributed by atoms with Crippen LogP contribution in [-0.4, -0.2) is 47.1 Å². The van der Waals surface area contributed by atoms with Crippen molar-refractivity contribution in [3.05, 3.63) is 71.8 Å². The summed E-state index contributed by atoms with van der Waals surface area (Å²) >= 11 is 0. The van der Waals surface area contributed by atoms with Crippen LogP contribution in [0.3, 0.4) is 0 Å². The van der Waals surface area contributed by atoms with Crippen LogP contribution in [0.1, 0.15) is 37.8 Å². The van der Waals surface area contributed by atoms with Crippen molar-refractivity contribution >= 4 is 17.5 Å². The van der Waals surface area contributed by atoms with Gasteiger partial charge in [0, 0.05) is 43.1 Å². The van der Waals surface area contributed by atoms with Crippen molar-refractivity contribution in [1.82, 2.24) is 10.2 Å². The number of hydrogen-bond acceptors (Lipinski definition) is 3. The molecule has 2 aliphatic rings. The Bertz CT molecular complexity index is 837. The van der Waals surface area contributed by atoms with Crippen LogP contribution in [0.2, 0.25) is 0 Å². The topological polar surface area (TPSA) is 57.1 Å². The van der Waals surface area contributed by atoms with Gasteiger partial charge in [0.2, 0.25) is 0 Å². The summed E-state index contributed by atoms with van der Waals surface area (Å²) in [5.41, 5.74) is 3.60. The molecule has 0 bridgehead atoms. The van der Waals surface area contributed by atoms with Gasteiger partial charge in [-0.2, -0.15) is 0 Å². The normalized spacial score (nSPS) is 18.2. The molecule has 2 aromatic rings. The monoisotopic (exact) mass is 374 g/mol. The van der Waals surface area contributed by atoms with Gasteiger partial charge in [0.05, 0.1) is 11.4 Å². The minimum absolute atomic E-state index is 0.00220. The minimum atomic E-state index is -0.467. The second-order valence-electron chi connectivity index (χ2n) is 7.73. The molecule has 0 atom stereocenters. The lowest BCUT2D eigenvalue weighted by Gasteiger charge is -2.35. The summed E-state index contributed by atoms with van der Waals surface area (Å²) in [7, 11) is 0. The smallest absolute Gasteiger partial charge is 0.317 e. The second-order valence-corrected chi connectivity index (χ2v) is 7.73. The molecule has 4 rings (SSSR count). The number of nitrogens with zero attached hydrogens (tertiary/aromatic N) is 3. The Balaban J connectivity index is 1.62. The van der Waals surface area contributed by atoms with E-state index in [-0.39, 0.29) is 12.1 Å². The zero-order chi connectivity index (χ0) is 19.6. The lowest BCUT2D eigenvalue weighted by atomic mass is 9.98. The highest BCUT2D eigenvalue weighted by molar-refractivity contribution is 6.54. The van der Waals surface area contributed by atoms with E-state index in [0.29, 0.717) is 13.1 Å². The maximum Gasteiger partial charge on any atom is 0.317 e. The number of carbonyl (C=O) groups excluding carboxylic acids is 1. The fourth-order valence-corrected chi connectivity index (χ4v) is 3.77. The first-order valence-corrected chi connectivity index (χ1v) is 9.93. The average Bonchev–Trinajstić information content (AvgIpc) is 3.08. The quantitative estimate of drug-likeness (QED) is 0.871. The SMILES string of the molecule is CC(C)NC(=O)N1CCC2(CC1)N=C(c1ccccc1)C(c1ccccc1)=N2. The summed E-state index contributed by atoms with van der Waals surface area (Å²) in [5.74, 6) is 0. The van der Waals surface area contributed by atoms with Gasteiger partial charge in [-0.3, -0.25) is 9.98 Å². The second kappa shape index (κ2) is 7.58. The molecule has 2 amide bonds. The number of piperidine rings is 1. The van der Waals surface area contributed by atoms with E-state index < -0.39 is 5.66 Å². The molecule has 0 radical (unpaired) electrons. The van der Waals surface area contributed by atoms with Gasteiger partial charge in [-0.15, -0.1) is 0 Å². The highest BCUT2D eigenvalue weighted by atomic mass is 16.2.